The van der Waals surface area contributed by atoms with Gasteiger partial charge in [0.15, 0.2) is 5.65 Å². The fraction of sp³-hybridized carbons (Fsp3) is 0.444. The number of tetrazole rings is 1. The number of hydrogen-bond donors (Lipinski definition) is 0. The Balaban J connectivity index is 2.73. The highest BCUT2D eigenvalue weighted by atomic mass is 15.5. The van der Waals surface area contributed by atoms with Crippen LogP contribution in [0.1, 0.15) is 31.0 Å². The topological polar surface area (TPSA) is 43.1 Å². The predicted molar refractivity (Wildman–Crippen MR) is 49.6 cm³/mol. The average molecular weight is 176 g/mol. The summed E-state index contributed by atoms with van der Waals surface area (Å²) < 4.78 is 1.77. The van der Waals surface area contributed by atoms with Gasteiger partial charge in [0.05, 0.1) is 0 Å². The predicted octanol–water partition coefficient (Wildman–Crippen LogP) is 1.56. The maximum absolute atomic E-state index is 3.92. The molecule has 0 atom stereocenters. The zero-order valence-electron chi connectivity index (χ0n) is 8.02. The summed E-state index contributed by atoms with van der Waals surface area (Å²) in [7, 11) is 0. The lowest BCUT2D eigenvalue weighted by atomic mass is 10.0. The Hall–Kier alpha value is -1.45. The van der Waals surface area contributed by atoms with Gasteiger partial charge in [0, 0.05) is 5.69 Å². The van der Waals surface area contributed by atoms with Gasteiger partial charge in [0.2, 0.25) is 0 Å². The van der Waals surface area contributed by atoms with E-state index in [1.165, 1.54) is 5.56 Å². The van der Waals surface area contributed by atoms with E-state index in [9.17, 15) is 0 Å². The Morgan fingerprint density at radius 2 is 2.08 bits per heavy atom. The van der Waals surface area contributed by atoms with Crippen molar-refractivity contribution in [2.24, 2.45) is 0 Å². The lowest BCUT2D eigenvalue weighted by molar-refractivity contribution is 0.769. The van der Waals surface area contributed by atoms with Gasteiger partial charge in [-0.05, 0) is 34.9 Å². The molecule has 0 spiro atoms. The van der Waals surface area contributed by atoms with Crippen LogP contribution in [0.3, 0.4) is 0 Å². The second-order valence-corrected chi connectivity index (χ2v) is 3.48. The first-order chi connectivity index (χ1) is 6.20. The zero-order chi connectivity index (χ0) is 9.42. The van der Waals surface area contributed by atoms with Crippen molar-refractivity contribution in [3.8, 4) is 0 Å². The molecule has 0 aliphatic carbocycles. The fourth-order valence-electron chi connectivity index (χ4n) is 1.55. The highest BCUT2D eigenvalue weighted by Crippen LogP contribution is 2.18. The van der Waals surface area contributed by atoms with E-state index in [-0.39, 0.29) is 0 Å². The maximum atomic E-state index is 3.92. The molecule has 2 heterocycles. The van der Waals surface area contributed by atoms with Crippen LogP contribution in [-0.2, 0) is 0 Å². The molecule has 2 aromatic heterocycles. The van der Waals surface area contributed by atoms with Crippen LogP contribution in [-0.4, -0.2) is 20.0 Å². The molecule has 68 valence electrons. The molecule has 0 N–H and O–H groups in total. The number of rotatable bonds is 1. The number of nitrogens with zero attached hydrogens (tertiary/aromatic N) is 4. The van der Waals surface area contributed by atoms with Gasteiger partial charge >= 0.3 is 0 Å². The van der Waals surface area contributed by atoms with Gasteiger partial charge in [-0.25, -0.2) is 0 Å². The van der Waals surface area contributed by atoms with Crippen LogP contribution in [0.5, 0.6) is 0 Å². The third-order valence-corrected chi connectivity index (χ3v) is 2.26. The summed E-state index contributed by atoms with van der Waals surface area (Å²) in [4.78, 5) is 0. The third-order valence-electron chi connectivity index (χ3n) is 2.26. The van der Waals surface area contributed by atoms with Crippen LogP contribution in [0, 0.1) is 6.92 Å². The molecule has 4 nitrogen and oxygen atoms in total. The highest BCUT2D eigenvalue weighted by Gasteiger charge is 2.07. The SMILES string of the molecule is Cc1c(C(C)C)ccc2nnnn12. The van der Waals surface area contributed by atoms with E-state index in [4.69, 9.17) is 0 Å². The number of aryl methyl sites for hydroxylation is 1. The molecule has 0 unspecified atom stereocenters. The van der Waals surface area contributed by atoms with Gasteiger partial charge in [0.25, 0.3) is 0 Å². The summed E-state index contributed by atoms with van der Waals surface area (Å²) in [6, 6.07) is 4.04. The maximum Gasteiger partial charge on any atom is 0.179 e. The molecule has 0 saturated carbocycles. The van der Waals surface area contributed by atoms with Gasteiger partial charge in [-0.1, -0.05) is 19.9 Å². The molecule has 13 heavy (non-hydrogen) atoms. The standard InChI is InChI=1S/C9H12N4/c1-6(2)8-4-5-9-10-11-12-13(9)7(8)3/h4-6H,1-3H3. The Bertz CT molecular complexity index is 430. The molecule has 0 bridgehead atoms. The number of fused-ring (bicyclic) bond motifs is 1. The first kappa shape index (κ1) is 8.16. The molecule has 0 saturated heterocycles. The van der Waals surface area contributed by atoms with Crippen LogP contribution in [0.15, 0.2) is 12.1 Å². The van der Waals surface area contributed by atoms with Gasteiger partial charge in [-0.2, -0.15) is 4.52 Å². The summed E-state index contributed by atoms with van der Waals surface area (Å²) in [5.41, 5.74) is 3.22. The van der Waals surface area contributed by atoms with Crippen molar-refractivity contribution >= 4 is 5.65 Å². The van der Waals surface area contributed by atoms with Gasteiger partial charge in [-0.15, -0.1) is 5.10 Å². The lowest BCUT2D eigenvalue weighted by Gasteiger charge is -2.08. The molecular weight excluding hydrogens is 164 g/mol. The molecule has 0 aliphatic heterocycles. The van der Waals surface area contributed by atoms with Crippen molar-refractivity contribution in [2.45, 2.75) is 26.7 Å². The molecule has 0 aliphatic rings. The van der Waals surface area contributed by atoms with Crippen molar-refractivity contribution < 1.29 is 0 Å². The first-order valence-electron chi connectivity index (χ1n) is 4.37. The van der Waals surface area contributed by atoms with E-state index >= 15 is 0 Å². The number of hydrogen-bond acceptors (Lipinski definition) is 3. The number of pyridine rings is 1. The van der Waals surface area contributed by atoms with Gasteiger partial charge < -0.3 is 0 Å². The summed E-state index contributed by atoms with van der Waals surface area (Å²) in [6.45, 7) is 6.37. The Kier molecular flexibility index (Phi) is 1.76. The van der Waals surface area contributed by atoms with Crippen LogP contribution in [0.25, 0.3) is 5.65 Å². The minimum Gasteiger partial charge on any atom is -0.198 e. The third kappa shape index (κ3) is 1.18. The zero-order valence-corrected chi connectivity index (χ0v) is 8.02. The second kappa shape index (κ2) is 2.80. The van der Waals surface area contributed by atoms with Crippen LogP contribution >= 0.6 is 0 Å². The smallest absolute Gasteiger partial charge is 0.179 e. The van der Waals surface area contributed by atoms with Gasteiger partial charge in [0.1, 0.15) is 0 Å². The second-order valence-electron chi connectivity index (χ2n) is 3.48. The normalized spacial score (nSPS) is 11.4. The molecule has 2 rings (SSSR count). The average Bonchev–Trinajstić information content (AvgIpc) is 2.52. The molecule has 0 amide bonds. The minimum atomic E-state index is 0.508. The first-order valence-corrected chi connectivity index (χ1v) is 4.37. The summed E-state index contributed by atoms with van der Waals surface area (Å²) >= 11 is 0. The Morgan fingerprint density at radius 1 is 1.31 bits per heavy atom. The van der Waals surface area contributed by atoms with Crippen LogP contribution in [0.4, 0.5) is 0 Å². The Morgan fingerprint density at radius 3 is 2.77 bits per heavy atom. The quantitative estimate of drug-likeness (QED) is 0.662. The van der Waals surface area contributed by atoms with Crippen LogP contribution in [0.2, 0.25) is 0 Å². The lowest BCUT2D eigenvalue weighted by Crippen LogP contribution is -2.00. The summed E-state index contributed by atoms with van der Waals surface area (Å²) in [5.74, 6) is 0.508. The molecule has 0 fully saturated rings. The highest BCUT2D eigenvalue weighted by molar-refractivity contribution is 5.40. The largest absolute Gasteiger partial charge is 0.198 e. The van der Waals surface area contributed by atoms with Crippen molar-refractivity contribution in [1.82, 2.24) is 20.0 Å². The van der Waals surface area contributed by atoms with E-state index in [0.29, 0.717) is 5.92 Å². The summed E-state index contributed by atoms with van der Waals surface area (Å²) in [5, 5.41) is 11.4. The van der Waals surface area contributed by atoms with E-state index in [1.54, 1.807) is 4.52 Å². The van der Waals surface area contributed by atoms with Crippen molar-refractivity contribution in [2.75, 3.05) is 0 Å². The molecular formula is C9H12N4. The summed E-state index contributed by atoms with van der Waals surface area (Å²) in [6.07, 6.45) is 0. The Labute approximate surface area is 76.6 Å². The van der Waals surface area contributed by atoms with Crippen molar-refractivity contribution in [3.05, 3.63) is 23.4 Å². The van der Waals surface area contributed by atoms with E-state index in [1.807, 2.05) is 13.0 Å². The van der Waals surface area contributed by atoms with Crippen molar-refractivity contribution in [3.63, 3.8) is 0 Å². The number of aromatic nitrogens is 4. The van der Waals surface area contributed by atoms with E-state index in [2.05, 4.69) is 35.4 Å². The fourth-order valence-corrected chi connectivity index (χ4v) is 1.55. The van der Waals surface area contributed by atoms with Gasteiger partial charge in [-0.3, -0.25) is 0 Å². The van der Waals surface area contributed by atoms with Crippen LogP contribution < -0.4 is 0 Å². The van der Waals surface area contributed by atoms with Crippen molar-refractivity contribution in [1.29, 1.82) is 0 Å². The minimum absolute atomic E-state index is 0.508. The monoisotopic (exact) mass is 176 g/mol. The van der Waals surface area contributed by atoms with E-state index in [0.717, 1.165) is 11.3 Å². The molecule has 4 heteroatoms. The molecule has 2 aromatic rings. The molecule has 0 radical (unpaired) electrons. The van der Waals surface area contributed by atoms with E-state index < -0.39 is 0 Å². The molecule has 0 aromatic carbocycles.